The molecule has 2 aliphatic heterocycles. The molecule has 2 atom stereocenters. The van der Waals surface area contributed by atoms with Crippen molar-refractivity contribution in [2.75, 3.05) is 6.54 Å². The first-order chi connectivity index (χ1) is 26.2. The van der Waals surface area contributed by atoms with E-state index in [4.69, 9.17) is 10.5 Å². The van der Waals surface area contributed by atoms with Gasteiger partial charge in [-0.3, -0.25) is 0 Å². The molecular formula is C49H37N3O. The number of nitrogens with one attached hydrogen (secondary N) is 1. The number of benzene rings is 7. The standard InChI is InChI=1S/C49H37N3O/c50-31-38(33-13-3-1-4-14-33)29-39(34-15-5-2-6-16-34)32-52-48(51-52)36-25-23-35(24-26-36)37-27-28-43-41(30-37)40-17-7-8-18-42(40)49(43)44-19-9-11-21-46(44)53-47-22-12-10-20-45(47)49/h1-31,48,51H,32,50H2/b38-31+,39-29+. The first-order valence-corrected chi connectivity index (χ1v) is 18.2. The van der Waals surface area contributed by atoms with Gasteiger partial charge in [0.05, 0.1) is 5.41 Å². The Kier molecular flexibility index (Phi) is 7.46. The van der Waals surface area contributed by atoms with E-state index in [2.05, 4.69) is 174 Å². The van der Waals surface area contributed by atoms with E-state index in [9.17, 15) is 0 Å². The second-order valence-electron chi connectivity index (χ2n) is 14.0. The van der Waals surface area contributed by atoms with Gasteiger partial charge in [-0.25, -0.2) is 10.4 Å². The van der Waals surface area contributed by atoms with Crippen molar-refractivity contribution in [3.05, 3.63) is 227 Å². The highest BCUT2D eigenvalue weighted by Crippen LogP contribution is 2.62. The van der Waals surface area contributed by atoms with Crippen LogP contribution in [0.25, 0.3) is 33.4 Å². The van der Waals surface area contributed by atoms with Crippen molar-refractivity contribution >= 4 is 11.1 Å². The van der Waals surface area contributed by atoms with Gasteiger partial charge in [0.1, 0.15) is 17.7 Å². The molecule has 1 spiro atoms. The number of rotatable bonds is 7. The Bertz CT molecular complexity index is 2510. The molecular weight excluding hydrogens is 647 g/mol. The summed E-state index contributed by atoms with van der Waals surface area (Å²) in [5, 5.41) is 2.28. The lowest BCUT2D eigenvalue weighted by Gasteiger charge is -2.39. The highest BCUT2D eigenvalue weighted by atomic mass is 16.5. The fourth-order valence-electron chi connectivity index (χ4n) is 8.51. The number of allylic oxidation sites excluding steroid dienone is 2. The summed E-state index contributed by atoms with van der Waals surface area (Å²) in [7, 11) is 0. The smallest absolute Gasteiger partial charge is 0.132 e. The number of para-hydroxylation sites is 2. The molecule has 2 unspecified atom stereocenters. The molecule has 3 aliphatic rings. The van der Waals surface area contributed by atoms with Crippen LogP contribution in [0.5, 0.6) is 11.5 Å². The minimum absolute atomic E-state index is 0.138. The molecule has 4 nitrogen and oxygen atoms in total. The van der Waals surface area contributed by atoms with Crippen LogP contribution in [-0.2, 0) is 5.41 Å². The molecule has 254 valence electrons. The van der Waals surface area contributed by atoms with Crippen molar-refractivity contribution in [3.63, 3.8) is 0 Å². The molecule has 1 aliphatic carbocycles. The van der Waals surface area contributed by atoms with Crippen LogP contribution < -0.4 is 15.9 Å². The number of hydrogen-bond acceptors (Lipinski definition) is 4. The molecule has 0 saturated carbocycles. The molecule has 4 heteroatoms. The van der Waals surface area contributed by atoms with E-state index in [1.807, 2.05) is 18.2 Å². The van der Waals surface area contributed by atoms with E-state index in [1.54, 1.807) is 6.20 Å². The third-order valence-corrected chi connectivity index (χ3v) is 11.0. The normalized spacial score (nSPS) is 17.7. The highest BCUT2D eigenvalue weighted by molar-refractivity contribution is 5.90. The zero-order valence-corrected chi connectivity index (χ0v) is 29.1. The maximum absolute atomic E-state index is 6.50. The van der Waals surface area contributed by atoms with E-state index in [-0.39, 0.29) is 6.17 Å². The fourth-order valence-corrected chi connectivity index (χ4v) is 8.51. The predicted octanol–water partition coefficient (Wildman–Crippen LogP) is 10.7. The molecule has 2 heterocycles. The van der Waals surface area contributed by atoms with Gasteiger partial charge in [0.25, 0.3) is 0 Å². The molecule has 1 saturated heterocycles. The summed E-state index contributed by atoms with van der Waals surface area (Å²) in [6.07, 6.45) is 4.04. The zero-order valence-electron chi connectivity index (χ0n) is 29.1. The van der Waals surface area contributed by atoms with Crippen LogP contribution in [0.15, 0.2) is 188 Å². The van der Waals surface area contributed by atoms with Crippen molar-refractivity contribution in [1.29, 1.82) is 0 Å². The molecule has 0 amide bonds. The first kappa shape index (κ1) is 31.3. The van der Waals surface area contributed by atoms with Gasteiger partial charge in [-0.05, 0) is 85.5 Å². The Morgan fingerprint density at radius 2 is 1.15 bits per heavy atom. The third kappa shape index (κ3) is 5.14. The van der Waals surface area contributed by atoms with Crippen LogP contribution in [0.2, 0.25) is 0 Å². The summed E-state index contributed by atoms with van der Waals surface area (Å²) in [6.45, 7) is 0.740. The summed E-state index contributed by atoms with van der Waals surface area (Å²) >= 11 is 0. The van der Waals surface area contributed by atoms with E-state index in [0.29, 0.717) is 0 Å². The summed E-state index contributed by atoms with van der Waals surface area (Å²) in [5.41, 5.74) is 24.9. The largest absolute Gasteiger partial charge is 0.457 e. The Morgan fingerprint density at radius 3 is 1.83 bits per heavy atom. The van der Waals surface area contributed by atoms with Gasteiger partial charge in [-0.2, -0.15) is 0 Å². The van der Waals surface area contributed by atoms with Crippen molar-refractivity contribution in [1.82, 2.24) is 10.4 Å². The van der Waals surface area contributed by atoms with Crippen LogP contribution in [-0.4, -0.2) is 11.6 Å². The molecule has 1 fully saturated rings. The SMILES string of the molecule is N/C=C(\C=C(/CN1NC1c1ccc(-c2ccc3c(c2)-c2ccccc2C32c3ccccc3Oc3ccccc32)cc1)c1ccccc1)c1ccccc1. The molecule has 3 N–H and O–H groups in total. The van der Waals surface area contributed by atoms with E-state index >= 15 is 0 Å². The quantitative estimate of drug-likeness (QED) is 0.130. The van der Waals surface area contributed by atoms with E-state index in [0.717, 1.165) is 29.2 Å². The van der Waals surface area contributed by atoms with Gasteiger partial charge in [0.2, 0.25) is 0 Å². The maximum Gasteiger partial charge on any atom is 0.132 e. The second kappa shape index (κ2) is 12.6. The lowest BCUT2D eigenvalue weighted by molar-refractivity contribution is 0.436. The van der Waals surface area contributed by atoms with Gasteiger partial charge < -0.3 is 10.5 Å². The predicted molar refractivity (Wildman–Crippen MR) is 215 cm³/mol. The van der Waals surface area contributed by atoms with Crippen molar-refractivity contribution in [3.8, 4) is 33.8 Å². The van der Waals surface area contributed by atoms with Crippen LogP contribution in [0.3, 0.4) is 0 Å². The van der Waals surface area contributed by atoms with E-state index < -0.39 is 5.41 Å². The third-order valence-electron chi connectivity index (χ3n) is 11.0. The summed E-state index contributed by atoms with van der Waals surface area (Å²) in [5.74, 6) is 1.82. The van der Waals surface area contributed by atoms with Gasteiger partial charge in [0, 0.05) is 23.9 Å². The van der Waals surface area contributed by atoms with Gasteiger partial charge in [-0.15, -0.1) is 0 Å². The molecule has 7 aromatic rings. The van der Waals surface area contributed by atoms with Crippen LogP contribution in [0.1, 0.15) is 45.1 Å². The van der Waals surface area contributed by atoms with Gasteiger partial charge in [0.15, 0.2) is 0 Å². The van der Waals surface area contributed by atoms with Crippen LogP contribution in [0.4, 0.5) is 0 Å². The average molecular weight is 684 g/mol. The monoisotopic (exact) mass is 683 g/mol. The lowest BCUT2D eigenvalue weighted by Crippen LogP contribution is -2.32. The highest BCUT2D eigenvalue weighted by Gasteiger charge is 2.51. The number of ether oxygens (including phenoxy) is 1. The molecule has 0 bridgehead atoms. The van der Waals surface area contributed by atoms with Gasteiger partial charge in [-0.1, -0.05) is 158 Å². The van der Waals surface area contributed by atoms with Crippen molar-refractivity contribution < 1.29 is 4.74 Å². The number of hydrazine groups is 1. The Hall–Kier alpha value is -6.46. The summed E-state index contributed by atoms with van der Waals surface area (Å²) in [6, 6.07) is 62.8. The molecule has 10 rings (SSSR count). The molecule has 7 aromatic carbocycles. The van der Waals surface area contributed by atoms with E-state index in [1.165, 1.54) is 61.2 Å². The topological polar surface area (TPSA) is 60.2 Å². The van der Waals surface area contributed by atoms with Crippen molar-refractivity contribution in [2.45, 2.75) is 11.6 Å². The number of fused-ring (bicyclic) bond motifs is 9. The number of nitrogens with zero attached hydrogens (tertiary/aromatic N) is 1. The Balaban J connectivity index is 0.961. The minimum atomic E-state index is -0.449. The average Bonchev–Trinajstić information content (AvgIpc) is 3.95. The molecule has 0 aromatic heterocycles. The molecule has 53 heavy (non-hydrogen) atoms. The molecule has 0 radical (unpaired) electrons. The van der Waals surface area contributed by atoms with Gasteiger partial charge >= 0.3 is 0 Å². The lowest BCUT2D eigenvalue weighted by atomic mass is 9.66. The maximum atomic E-state index is 6.50. The van der Waals surface area contributed by atoms with Crippen LogP contribution in [0, 0.1) is 0 Å². The first-order valence-electron chi connectivity index (χ1n) is 18.2. The Morgan fingerprint density at radius 1 is 0.585 bits per heavy atom. The number of hydrogen-bond donors (Lipinski definition) is 2. The van der Waals surface area contributed by atoms with Crippen LogP contribution >= 0.6 is 0 Å². The minimum Gasteiger partial charge on any atom is -0.457 e. The summed E-state index contributed by atoms with van der Waals surface area (Å²) in [4.78, 5) is 0. The fraction of sp³-hybridized carbons (Fsp3) is 0.0612. The number of nitrogens with two attached hydrogens (primary N) is 1. The summed E-state index contributed by atoms with van der Waals surface area (Å²) < 4.78 is 6.50. The second-order valence-corrected chi connectivity index (χ2v) is 14.0. The zero-order chi connectivity index (χ0) is 35.4. The Labute approximate surface area is 310 Å². The van der Waals surface area contributed by atoms with Crippen molar-refractivity contribution in [2.24, 2.45) is 5.73 Å².